The zero-order chi connectivity index (χ0) is 41.9. The molecule has 0 bridgehead atoms. The lowest BCUT2D eigenvalue weighted by Gasteiger charge is -2.27. The Bertz CT molecular complexity index is 2030. The minimum atomic E-state index is -4.56. The number of nitrogen functional groups attached to an aromatic ring is 1. The highest BCUT2D eigenvalue weighted by molar-refractivity contribution is 8.55. The first-order chi connectivity index (χ1) is 27.7. The third-order valence-electron chi connectivity index (χ3n) is 9.72. The molecule has 20 nitrogen and oxygen atoms in total. The number of aromatic amines is 1. The van der Waals surface area contributed by atoms with Crippen LogP contribution in [0.2, 0.25) is 0 Å². The fourth-order valence-electron chi connectivity index (χ4n) is 6.77. The van der Waals surface area contributed by atoms with E-state index >= 15 is 4.39 Å². The molecule has 0 saturated carbocycles. The number of hydrogen-bond acceptors (Lipinski definition) is 17. The Kier molecular flexibility index (Phi) is 17.2. The van der Waals surface area contributed by atoms with Gasteiger partial charge in [0.05, 0.1) is 38.0 Å². The first kappa shape index (κ1) is 46.2. The van der Waals surface area contributed by atoms with Crippen molar-refractivity contribution in [3.05, 3.63) is 45.8 Å². The zero-order valence-corrected chi connectivity index (χ0v) is 35.1. The molecular weight excluding hydrogens is 825 g/mol. The van der Waals surface area contributed by atoms with Crippen molar-refractivity contribution >= 4 is 48.8 Å². The highest BCUT2D eigenvalue weighted by atomic mass is 32.7. The molecule has 2 aliphatic heterocycles. The molecule has 0 aliphatic carbocycles. The summed E-state index contributed by atoms with van der Waals surface area (Å²) in [6.07, 6.45) is 4.44. The van der Waals surface area contributed by atoms with E-state index in [0.29, 0.717) is 24.3 Å². The van der Waals surface area contributed by atoms with Crippen molar-refractivity contribution < 1.29 is 50.8 Å². The molecule has 9 atom stereocenters. The summed E-state index contributed by atoms with van der Waals surface area (Å²) in [6, 6.07) is 1.11. The van der Waals surface area contributed by atoms with Gasteiger partial charge in [-0.15, -0.1) is 0 Å². The number of rotatable bonds is 25. The van der Waals surface area contributed by atoms with Crippen molar-refractivity contribution in [1.29, 1.82) is 0 Å². The van der Waals surface area contributed by atoms with Gasteiger partial charge in [-0.25, -0.2) is 33.3 Å². The van der Waals surface area contributed by atoms with Crippen LogP contribution in [0.5, 0.6) is 0 Å². The highest BCUT2D eigenvalue weighted by Crippen LogP contribution is 2.63. The van der Waals surface area contributed by atoms with Gasteiger partial charge in [0.15, 0.2) is 17.7 Å². The maximum atomic E-state index is 15.5. The highest BCUT2D eigenvalue weighted by Gasteiger charge is 2.49. The lowest BCUT2D eigenvalue weighted by Crippen LogP contribution is -2.34. The number of nitrogens with two attached hydrogens (primary N) is 2. The van der Waals surface area contributed by atoms with Gasteiger partial charge in [-0.2, -0.15) is 0 Å². The Labute approximate surface area is 338 Å². The molecule has 2 saturated heterocycles. The van der Waals surface area contributed by atoms with Crippen LogP contribution in [0.25, 0.3) is 11.2 Å². The Balaban J connectivity index is 1.30. The van der Waals surface area contributed by atoms with Crippen molar-refractivity contribution in [2.75, 3.05) is 37.9 Å². The summed E-state index contributed by atoms with van der Waals surface area (Å²) in [4.78, 5) is 62.2. The Morgan fingerprint density at radius 3 is 2.45 bits per heavy atom. The van der Waals surface area contributed by atoms with Crippen LogP contribution in [0.4, 0.5) is 10.2 Å². The van der Waals surface area contributed by atoms with Crippen LogP contribution in [0.1, 0.15) is 90.5 Å². The number of carbonyl (C=O) groups excluding carboxylic acids is 1. The number of nitrogens with zero attached hydrogens (tertiary/aromatic N) is 5. The molecule has 0 spiro atoms. The van der Waals surface area contributed by atoms with Crippen LogP contribution in [-0.2, 0) is 41.5 Å². The number of anilines is 1. The molecule has 3 unspecified atom stereocenters. The summed E-state index contributed by atoms with van der Waals surface area (Å²) in [5.41, 5.74) is 10.5. The number of fused-ring (bicyclic) bond motifs is 1. The normalized spacial score (nSPS) is 25.6. The van der Waals surface area contributed by atoms with Crippen LogP contribution >= 0.6 is 26.0 Å². The standard InChI is InChI=1S/C34H53FN8O12P2S/c1-3-50-56(47,48)51-18-26-29(22(2)32(54-26)42-15-13-27(45)41-34(42)46)55-57(49,58-19-23(44)12-10-8-6-4-5-7-9-11-14-36)52-17-24-16-25(35)33(53-24)43-21-40-28-30(37)38-20-39-31(28)43/h13,15,20-22,24-26,29,32-33H,3-12,14,16-19,36H2,1-2H3,(H,47,48)(H2,37,38,39)(H,41,45,46)/t22-,24+,25?,26-,29+,32-,33-,57?/m1/s1. The molecule has 5 rings (SSSR count). The molecule has 0 amide bonds. The van der Waals surface area contributed by atoms with Gasteiger partial charge in [0, 0.05) is 31.0 Å². The summed E-state index contributed by atoms with van der Waals surface area (Å²) in [7, 11) is -4.56. The number of nitrogens with one attached hydrogen (secondary N) is 1. The van der Waals surface area contributed by atoms with Gasteiger partial charge in [-0.3, -0.25) is 41.8 Å². The number of H-pyrrole nitrogens is 1. The molecular formula is C34H53FN8O12P2S. The van der Waals surface area contributed by atoms with Crippen molar-refractivity contribution in [3.63, 3.8) is 0 Å². The van der Waals surface area contributed by atoms with Crippen molar-refractivity contribution in [1.82, 2.24) is 29.1 Å². The summed E-state index contributed by atoms with van der Waals surface area (Å²) in [6.45, 7) is -1.78. The van der Waals surface area contributed by atoms with E-state index in [4.69, 9.17) is 39.0 Å². The summed E-state index contributed by atoms with van der Waals surface area (Å²) < 4.78 is 79.4. The second kappa shape index (κ2) is 21.6. The Morgan fingerprint density at radius 1 is 1.02 bits per heavy atom. The van der Waals surface area contributed by atoms with E-state index < -0.39 is 81.9 Å². The molecule has 0 aromatic carbocycles. The number of aromatic nitrogens is 6. The lowest BCUT2D eigenvalue weighted by atomic mass is 10.0. The average Bonchev–Trinajstić information content (AvgIpc) is 3.87. The molecule has 2 aliphatic rings. The number of hydrogen-bond donors (Lipinski definition) is 4. The van der Waals surface area contributed by atoms with Gasteiger partial charge in [-0.1, -0.05) is 45.4 Å². The number of alkyl halides is 1. The number of phosphoric acid groups is 1. The number of imidazole rings is 1. The van der Waals surface area contributed by atoms with Crippen LogP contribution < -0.4 is 22.7 Å². The van der Waals surface area contributed by atoms with Crippen LogP contribution in [0.15, 0.2) is 34.5 Å². The Morgan fingerprint density at radius 2 is 1.74 bits per heavy atom. The number of ketones is 1. The molecule has 3 aromatic heterocycles. The molecule has 324 valence electrons. The second-order valence-electron chi connectivity index (χ2n) is 14.1. The van der Waals surface area contributed by atoms with E-state index in [-0.39, 0.29) is 48.0 Å². The first-order valence-electron chi connectivity index (χ1n) is 19.3. The topological polar surface area (TPSA) is 277 Å². The van der Waals surface area contributed by atoms with Gasteiger partial charge >= 0.3 is 20.3 Å². The fourth-order valence-corrected chi connectivity index (χ4v) is 10.9. The largest absolute Gasteiger partial charge is 0.472 e. The second-order valence-corrected chi connectivity index (χ2v) is 19.6. The zero-order valence-electron chi connectivity index (χ0n) is 32.5. The average molecular weight is 879 g/mol. The van der Waals surface area contributed by atoms with Crippen molar-refractivity contribution in [2.24, 2.45) is 11.7 Å². The molecule has 2 fully saturated rings. The number of ether oxygens (including phenoxy) is 2. The van der Waals surface area contributed by atoms with E-state index in [1.807, 2.05) is 0 Å². The van der Waals surface area contributed by atoms with E-state index in [1.165, 1.54) is 30.3 Å². The molecule has 24 heteroatoms. The Hall–Kier alpha value is -2.88. The van der Waals surface area contributed by atoms with E-state index in [2.05, 4.69) is 19.9 Å². The van der Waals surface area contributed by atoms with Crippen LogP contribution in [0.3, 0.4) is 0 Å². The predicted molar refractivity (Wildman–Crippen MR) is 211 cm³/mol. The molecule has 0 radical (unpaired) electrons. The van der Waals surface area contributed by atoms with E-state index in [9.17, 15) is 28.4 Å². The quantitative estimate of drug-likeness (QED) is 0.0671. The maximum Gasteiger partial charge on any atom is 0.472 e. The minimum Gasteiger partial charge on any atom is -0.382 e. The maximum absolute atomic E-state index is 15.5. The smallest absolute Gasteiger partial charge is 0.382 e. The van der Waals surface area contributed by atoms with Crippen LogP contribution in [0, 0.1) is 5.92 Å². The van der Waals surface area contributed by atoms with Crippen molar-refractivity contribution in [3.8, 4) is 0 Å². The number of halogens is 1. The van der Waals surface area contributed by atoms with E-state index in [1.54, 1.807) is 6.92 Å². The number of phosphoric ester groups is 1. The summed E-state index contributed by atoms with van der Waals surface area (Å²) in [5.74, 6) is -1.16. The summed E-state index contributed by atoms with van der Waals surface area (Å²) >= 11 is 0.637. The van der Waals surface area contributed by atoms with Gasteiger partial charge in [0.25, 0.3) is 5.56 Å². The first-order valence-corrected chi connectivity index (χ1v) is 24.0. The predicted octanol–water partition coefficient (Wildman–Crippen LogP) is 4.55. The van der Waals surface area contributed by atoms with Crippen molar-refractivity contribution in [2.45, 2.75) is 115 Å². The lowest BCUT2D eigenvalue weighted by molar-refractivity contribution is -0.116. The van der Waals surface area contributed by atoms with Crippen LogP contribution in [-0.4, -0.2) is 96.3 Å². The van der Waals surface area contributed by atoms with Gasteiger partial charge in [-0.05, 0) is 37.7 Å². The third-order valence-corrected chi connectivity index (χ3v) is 14.4. The van der Waals surface area contributed by atoms with Gasteiger partial charge < -0.3 is 25.8 Å². The molecule has 3 aromatic rings. The fraction of sp³-hybridized carbons (Fsp3) is 0.706. The molecule has 6 N–H and O–H groups in total. The number of unbranched alkanes of at least 4 members (excludes halogenated alkanes) is 7. The third kappa shape index (κ3) is 12.6. The monoisotopic (exact) mass is 878 g/mol. The van der Waals surface area contributed by atoms with Gasteiger partial charge in [0.1, 0.15) is 42.2 Å². The number of carbonyl (C=O) groups is 1. The number of Topliss-reactive ketones (excluding diaryl/α,β-unsaturated/α-hetero) is 1. The minimum absolute atomic E-state index is 0.108. The molecule has 58 heavy (non-hydrogen) atoms. The molecule has 5 heterocycles. The van der Waals surface area contributed by atoms with E-state index in [0.717, 1.165) is 55.6 Å². The summed E-state index contributed by atoms with van der Waals surface area (Å²) in [5, 5.41) is 0. The van der Waals surface area contributed by atoms with Gasteiger partial charge in [0.2, 0.25) is 0 Å². The SMILES string of the molecule is CCOP(=O)(O)OC[C@H]1O[C@@H](n2ccc(=O)[nH]c2=O)[C@H](C)[C@@H]1OP(=O)(OC[C@@H]1CC(F)[C@H](n2cnc3c(N)ncnc32)O1)SCC(=O)CCCCCCCCCCN.